The first-order valence-electron chi connectivity index (χ1n) is 7.92. The molecule has 1 unspecified atom stereocenters. The summed E-state index contributed by atoms with van der Waals surface area (Å²) >= 11 is 0. The number of rotatable bonds is 5. The molecule has 23 heavy (non-hydrogen) atoms. The third-order valence-corrected chi connectivity index (χ3v) is 4.29. The molecule has 1 aliphatic heterocycles. The number of piperazine rings is 1. The monoisotopic (exact) mass is 313 g/mol. The van der Waals surface area contributed by atoms with Crippen molar-refractivity contribution < 1.29 is 4.74 Å². The molecule has 6 heteroatoms. The molecular formula is C17H23N5O. The Morgan fingerprint density at radius 2 is 1.87 bits per heavy atom. The zero-order valence-corrected chi connectivity index (χ0v) is 13.4. The average Bonchev–Trinajstić information content (AvgIpc) is 2.64. The van der Waals surface area contributed by atoms with Crippen LogP contribution < -0.4 is 15.4 Å². The van der Waals surface area contributed by atoms with Gasteiger partial charge in [-0.2, -0.15) is 0 Å². The molecule has 3 rings (SSSR count). The van der Waals surface area contributed by atoms with Crippen molar-refractivity contribution in [2.24, 2.45) is 5.73 Å². The summed E-state index contributed by atoms with van der Waals surface area (Å²) in [5.74, 6) is 1.68. The zero-order chi connectivity index (χ0) is 16.1. The van der Waals surface area contributed by atoms with Crippen molar-refractivity contribution in [2.45, 2.75) is 6.04 Å². The number of nitrogens with zero attached hydrogens (tertiary/aromatic N) is 4. The Bertz CT molecular complexity index is 613. The fourth-order valence-corrected chi connectivity index (χ4v) is 3.03. The van der Waals surface area contributed by atoms with Gasteiger partial charge < -0.3 is 15.4 Å². The summed E-state index contributed by atoms with van der Waals surface area (Å²) in [4.78, 5) is 13.3. The van der Waals surface area contributed by atoms with E-state index in [0.717, 1.165) is 37.9 Å². The zero-order valence-electron chi connectivity index (χ0n) is 13.4. The number of benzene rings is 1. The normalized spacial score (nSPS) is 17.0. The van der Waals surface area contributed by atoms with E-state index in [1.807, 2.05) is 18.2 Å². The smallest absolute Gasteiger partial charge is 0.225 e. The van der Waals surface area contributed by atoms with Gasteiger partial charge in [0.05, 0.1) is 7.11 Å². The Balaban J connectivity index is 1.67. The molecule has 1 aromatic heterocycles. The molecule has 1 atom stereocenters. The number of aromatic nitrogens is 2. The van der Waals surface area contributed by atoms with Crippen LogP contribution >= 0.6 is 0 Å². The van der Waals surface area contributed by atoms with Crippen molar-refractivity contribution in [3.05, 3.63) is 48.3 Å². The lowest BCUT2D eigenvalue weighted by molar-refractivity contribution is 0.189. The molecule has 1 aromatic carbocycles. The summed E-state index contributed by atoms with van der Waals surface area (Å²) < 4.78 is 5.33. The minimum Gasteiger partial charge on any atom is -0.497 e. The van der Waals surface area contributed by atoms with Crippen LogP contribution in [-0.2, 0) is 0 Å². The molecule has 1 aliphatic rings. The molecule has 0 spiro atoms. The maximum absolute atomic E-state index is 6.05. The topological polar surface area (TPSA) is 67.5 Å². The third-order valence-electron chi connectivity index (χ3n) is 4.29. The molecule has 0 bridgehead atoms. The SMILES string of the molecule is COc1cccc(C(CN)N2CCN(c3ncccn3)CC2)c1. The van der Waals surface area contributed by atoms with Crippen LogP contribution in [0.25, 0.3) is 0 Å². The van der Waals surface area contributed by atoms with Crippen molar-refractivity contribution in [1.82, 2.24) is 14.9 Å². The summed E-state index contributed by atoms with van der Waals surface area (Å²) in [6.45, 7) is 4.29. The highest BCUT2D eigenvalue weighted by atomic mass is 16.5. The Kier molecular flexibility index (Phi) is 5.05. The number of hydrogen-bond acceptors (Lipinski definition) is 6. The molecule has 2 aromatic rings. The number of nitrogens with two attached hydrogens (primary N) is 1. The second kappa shape index (κ2) is 7.39. The lowest BCUT2D eigenvalue weighted by Gasteiger charge is -2.39. The van der Waals surface area contributed by atoms with Crippen molar-refractivity contribution in [1.29, 1.82) is 0 Å². The van der Waals surface area contributed by atoms with Crippen molar-refractivity contribution >= 4 is 5.95 Å². The van der Waals surface area contributed by atoms with E-state index in [4.69, 9.17) is 10.5 Å². The van der Waals surface area contributed by atoms with Gasteiger partial charge in [-0.25, -0.2) is 9.97 Å². The van der Waals surface area contributed by atoms with Gasteiger partial charge in [-0.05, 0) is 23.8 Å². The maximum Gasteiger partial charge on any atom is 0.225 e. The summed E-state index contributed by atoms with van der Waals surface area (Å²) in [6, 6.07) is 10.2. The number of methoxy groups -OCH3 is 1. The predicted octanol–water partition coefficient (Wildman–Crippen LogP) is 1.31. The van der Waals surface area contributed by atoms with Crippen LogP contribution in [0, 0.1) is 0 Å². The maximum atomic E-state index is 6.05. The molecule has 6 nitrogen and oxygen atoms in total. The minimum absolute atomic E-state index is 0.212. The van der Waals surface area contributed by atoms with E-state index < -0.39 is 0 Å². The first kappa shape index (κ1) is 15.7. The first-order valence-corrected chi connectivity index (χ1v) is 7.92. The molecule has 0 saturated carbocycles. The van der Waals surface area contributed by atoms with Crippen molar-refractivity contribution in [2.75, 3.05) is 44.7 Å². The fourth-order valence-electron chi connectivity index (χ4n) is 3.03. The van der Waals surface area contributed by atoms with Crippen LogP contribution in [-0.4, -0.2) is 54.7 Å². The molecular weight excluding hydrogens is 290 g/mol. The van der Waals surface area contributed by atoms with Crippen LogP contribution in [0.3, 0.4) is 0 Å². The second-order valence-electron chi connectivity index (χ2n) is 5.60. The summed E-state index contributed by atoms with van der Waals surface area (Å²) in [5.41, 5.74) is 7.26. The van der Waals surface area contributed by atoms with Gasteiger partial charge in [0.2, 0.25) is 5.95 Å². The molecule has 122 valence electrons. The molecule has 0 radical (unpaired) electrons. The Morgan fingerprint density at radius 1 is 1.13 bits per heavy atom. The Hall–Kier alpha value is -2.18. The van der Waals surface area contributed by atoms with Gasteiger partial charge in [0, 0.05) is 51.2 Å². The highest BCUT2D eigenvalue weighted by Gasteiger charge is 2.25. The number of ether oxygens (including phenoxy) is 1. The standard InChI is InChI=1S/C17H23N5O/c1-23-15-5-2-4-14(12-15)16(13-18)21-8-10-22(11-9-21)17-19-6-3-7-20-17/h2-7,12,16H,8-11,13,18H2,1H3. The van der Waals surface area contributed by atoms with Crippen molar-refractivity contribution in [3.63, 3.8) is 0 Å². The average molecular weight is 313 g/mol. The first-order chi connectivity index (χ1) is 11.3. The molecule has 2 heterocycles. The molecule has 0 amide bonds. The van der Waals surface area contributed by atoms with E-state index >= 15 is 0 Å². The van der Waals surface area contributed by atoms with E-state index in [1.54, 1.807) is 19.5 Å². The molecule has 2 N–H and O–H groups in total. The van der Waals surface area contributed by atoms with Gasteiger partial charge in [0.1, 0.15) is 5.75 Å². The van der Waals surface area contributed by atoms with Crippen LogP contribution in [0.5, 0.6) is 5.75 Å². The lowest BCUT2D eigenvalue weighted by Crippen LogP contribution is -2.49. The highest BCUT2D eigenvalue weighted by Crippen LogP contribution is 2.25. The Morgan fingerprint density at radius 3 is 2.52 bits per heavy atom. The van der Waals surface area contributed by atoms with Crippen molar-refractivity contribution in [3.8, 4) is 5.75 Å². The molecule has 1 fully saturated rings. The van der Waals surface area contributed by atoms with E-state index in [-0.39, 0.29) is 6.04 Å². The van der Waals surface area contributed by atoms with Crippen LogP contribution in [0.1, 0.15) is 11.6 Å². The fraction of sp³-hybridized carbons (Fsp3) is 0.412. The molecule has 0 aliphatic carbocycles. The van der Waals surface area contributed by atoms with Crippen LogP contribution in [0.15, 0.2) is 42.7 Å². The summed E-state index contributed by atoms with van der Waals surface area (Å²) in [7, 11) is 1.69. The van der Waals surface area contributed by atoms with Gasteiger partial charge >= 0.3 is 0 Å². The van der Waals surface area contributed by atoms with Crippen LogP contribution in [0.2, 0.25) is 0 Å². The predicted molar refractivity (Wildman–Crippen MR) is 90.6 cm³/mol. The van der Waals surface area contributed by atoms with Gasteiger partial charge in [0.15, 0.2) is 0 Å². The quantitative estimate of drug-likeness (QED) is 0.897. The van der Waals surface area contributed by atoms with E-state index in [1.165, 1.54) is 5.56 Å². The third kappa shape index (κ3) is 3.60. The Labute approximate surface area is 136 Å². The largest absolute Gasteiger partial charge is 0.497 e. The van der Waals surface area contributed by atoms with E-state index in [9.17, 15) is 0 Å². The highest BCUT2D eigenvalue weighted by molar-refractivity contribution is 5.32. The van der Waals surface area contributed by atoms with Gasteiger partial charge in [-0.15, -0.1) is 0 Å². The molecule has 1 saturated heterocycles. The van der Waals surface area contributed by atoms with E-state index in [2.05, 4.69) is 31.9 Å². The van der Waals surface area contributed by atoms with Gasteiger partial charge in [0.25, 0.3) is 0 Å². The van der Waals surface area contributed by atoms with Gasteiger partial charge in [-0.1, -0.05) is 12.1 Å². The van der Waals surface area contributed by atoms with E-state index in [0.29, 0.717) is 6.54 Å². The second-order valence-corrected chi connectivity index (χ2v) is 5.60. The summed E-state index contributed by atoms with van der Waals surface area (Å²) in [6.07, 6.45) is 3.57. The summed E-state index contributed by atoms with van der Waals surface area (Å²) in [5, 5.41) is 0. The number of anilines is 1. The lowest BCUT2D eigenvalue weighted by atomic mass is 10.0. The van der Waals surface area contributed by atoms with Crippen LogP contribution in [0.4, 0.5) is 5.95 Å². The van der Waals surface area contributed by atoms with Gasteiger partial charge in [-0.3, -0.25) is 4.90 Å². The number of hydrogen-bond donors (Lipinski definition) is 1. The minimum atomic E-state index is 0.212.